The molecule has 0 aliphatic heterocycles. The van der Waals surface area contributed by atoms with Crippen LogP contribution < -0.4 is 11.1 Å². The maximum Gasteiger partial charge on any atom is 0.237 e. The van der Waals surface area contributed by atoms with E-state index in [4.69, 9.17) is 5.73 Å². The van der Waals surface area contributed by atoms with Gasteiger partial charge in [-0.3, -0.25) is 4.79 Å². The Hall–Kier alpha value is -1.35. The maximum atomic E-state index is 12.1. The summed E-state index contributed by atoms with van der Waals surface area (Å²) in [5, 5.41) is 3.01. The van der Waals surface area contributed by atoms with Gasteiger partial charge in [0.05, 0.1) is 12.1 Å². The molecule has 0 radical (unpaired) electrons. The van der Waals surface area contributed by atoms with Crippen LogP contribution in [0.3, 0.4) is 0 Å². The molecule has 3 atom stereocenters. The molecule has 0 aromatic heterocycles. The van der Waals surface area contributed by atoms with Gasteiger partial charge in [0.15, 0.2) is 0 Å². The summed E-state index contributed by atoms with van der Waals surface area (Å²) in [6.07, 6.45) is 0.906. The Balaban J connectivity index is 2.72. The second-order valence-corrected chi connectivity index (χ2v) is 7.01. The van der Waals surface area contributed by atoms with Gasteiger partial charge in [0, 0.05) is 0 Å². The molecular weight excluding hydrogens is 260 g/mol. The van der Waals surface area contributed by atoms with E-state index in [2.05, 4.69) is 50.4 Å². The zero-order valence-corrected chi connectivity index (χ0v) is 14.2. The number of carbonyl (C=O) groups is 1. The molecule has 0 fully saturated rings. The van der Waals surface area contributed by atoms with Gasteiger partial charge in [-0.15, -0.1) is 0 Å². The molecule has 0 aliphatic rings. The quantitative estimate of drug-likeness (QED) is 0.871. The number of nitrogens with one attached hydrogen (secondary N) is 1. The molecule has 1 rings (SSSR count). The Bertz CT molecular complexity index is 459. The fraction of sp³-hybridized carbons (Fsp3) is 0.611. The summed E-state index contributed by atoms with van der Waals surface area (Å²) < 4.78 is 0. The largest absolute Gasteiger partial charge is 0.348 e. The van der Waals surface area contributed by atoms with Crippen LogP contribution in [0, 0.1) is 5.92 Å². The first-order valence-corrected chi connectivity index (χ1v) is 7.83. The Morgan fingerprint density at radius 2 is 1.71 bits per heavy atom. The van der Waals surface area contributed by atoms with Crippen molar-refractivity contribution in [1.82, 2.24) is 5.32 Å². The van der Waals surface area contributed by atoms with Crippen molar-refractivity contribution < 1.29 is 4.79 Å². The minimum Gasteiger partial charge on any atom is -0.348 e. The first kappa shape index (κ1) is 17.7. The van der Waals surface area contributed by atoms with Crippen molar-refractivity contribution in [2.45, 2.75) is 65.5 Å². The third kappa shape index (κ3) is 4.85. The van der Waals surface area contributed by atoms with Gasteiger partial charge in [-0.05, 0) is 29.4 Å². The molecule has 21 heavy (non-hydrogen) atoms. The van der Waals surface area contributed by atoms with Crippen LogP contribution in [-0.4, -0.2) is 11.9 Å². The van der Waals surface area contributed by atoms with E-state index in [1.807, 2.05) is 20.8 Å². The number of nitrogens with two attached hydrogens (primary N) is 1. The van der Waals surface area contributed by atoms with Crippen LogP contribution in [0.4, 0.5) is 0 Å². The average molecular weight is 290 g/mol. The molecule has 3 heteroatoms. The highest BCUT2D eigenvalue weighted by molar-refractivity contribution is 5.82. The van der Waals surface area contributed by atoms with Gasteiger partial charge >= 0.3 is 0 Å². The van der Waals surface area contributed by atoms with Gasteiger partial charge in [0.1, 0.15) is 0 Å². The van der Waals surface area contributed by atoms with E-state index in [9.17, 15) is 4.79 Å². The number of carbonyl (C=O) groups excluding carboxylic acids is 1. The zero-order chi connectivity index (χ0) is 16.2. The van der Waals surface area contributed by atoms with E-state index >= 15 is 0 Å². The van der Waals surface area contributed by atoms with Crippen LogP contribution in [-0.2, 0) is 10.2 Å². The summed E-state index contributed by atoms with van der Waals surface area (Å²) in [5.74, 6) is 0.122. The molecule has 2 unspecified atom stereocenters. The summed E-state index contributed by atoms with van der Waals surface area (Å²) in [6.45, 7) is 12.6. The summed E-state index contributed by atoms with van der Waals surface area (Å²) in [5.41, 5.74) is 8.51. The monoisotopic (exact) mass is 290 g/mol. The van der Waals surface area contributed by atoms with Gasteiger partial charge in [-0.25, -0.2) is 0 Å². The topological polar surface area (TPSA) is 55.1 Å². The lowest BCUT2D eigenvalue weighted by Gasteiger charge is -2.23. The summed E-state index contributed by atoms with van der Waals surface area (Å²) >= 11 is 0. The van der Waals surface area contributed by atoms with E-state index in [1.165, 1.54) is 5.56 Å². The molecule has 0 saturated carbocycles. The van der Waals surface area contributed by atoms with Gasteiger partial charge < -0.3 is 11.1 Å². The number of amides is 1. The highest BCUT2D eigenvalue weighted by atomic mass is 16.2. The third-order valence-corrected chi connectivity index (χ3v) is 4.20. The van der Waals surface area contributed by atoms with Crippen LogP contribution in [0.5, 0.6) is 0 Å². The maximum absolute atomic E-state index is 12.1. The first-order chi connectivity index (χ1) is 9.66. The fourth-order valence-corrected chi connectivity index (χ4v) is 2.18. The molecule has 3 nitrogen and oxygen atoms in total. The molecule has 1 aromatic carbocycles. The number of hydrogen-bond acceptors (Lipinski definition) is 2. The minimum absolute atomic E-state index is 0.0263. The van der Waals surface area contributed by atoms with E-state index < -0.39 is 6.04 Å². The number of hydrogen-bond donors (Lipinski definition) is 2. The van der Waals surface area contributed by atoms with Crippen molar-refractivity contribution in [1.29, 1.82) is 0 Å². The predicted octanol–water partition coefficient (Wildman–Crippen LogP) is 3.53. The van der Waals surface area contributed by atoms with E-state index in [0.29, 0.717) is 0 Å². The van der Waals surface area contributed by atoms with Gasteiger partial charge in [0.25, 0.3) is 0 Å². The van der Waals surface area contributed by atoms with Crippen LogP contribution in [0.15, 0.2) is 24.3 Å². The van der Waals surface area contributed by atoms with Gasteiger partial charge in [-0.2, -0.15) is 0 Å². The summed E-state index contributed by atoms with van der Waals surface area (Å²) in [6, 6.07) is 7.97. The molecule has 0 aliphatic carbocycles. The fourth-order valence-electron chi connectivity index (χ4n) is 2.18. The van der Waals surface area contributed by atoms with E-state index in [0.717, 1.165) is 12.0 Å². The first-order valence-electron chi connectivity index (χ1n) is 7.83. The second-order valence-electron chi connectivity index (χ2n) is 7.01. The van der Waals surface area contributed by atoms with Crippen molar-refractivity contribution in [3.8, 4) is 0 Å². The zero-order valence-electron chi connectivity index (χ0n) is 14.2. The lowest BCUT2D eigenvalue weighted by Crippen LogP contribution is -2.45. The van der Waals surface area contributed by atoms with Gasteiger partial charge in [-0.1, -0.05) is 65.3 Å². The highest BCUT2D eigenvalue weighted by Gasteiger charge is 2.21. The van der Waals surface area contributed by atoms with Crippen molar-refractivity contribution in [3.63, 3.8) is 0 Å². The molecule has 118 valence electrons. The molecule has 0 saturated heterocycles. The van der Waals surface area contributed by atoms with Crippen molar-refractivity contribution in [2.75, 3.05) is 0 Å². The van der Waals surface area contributed by atoms with Crippen LogP contribution in [0.25, 0.3) is 0 Å². The summed E-state index contributed by atoms with van der Waals surface area (Å²) in [7, 11) is 0. The third-order valence-electron chi connectivity index (χ3n) is 4.20. The van der Waals surface area contributed by atoms with Crippen LogP contribution in [0.2, 0.25) is 0 Å². The number of rotatable bonds is 5. The summed E-state index contributed by atoms with van der Waals surface area (Å²) in [4.78, 5) is 12.1. The second kappa shape index (κ2) is 7.08. The minimum atomic E-state index is -0.439. The Morgan fingerprint density at radius 3 is 2.14 bits per heavy atom. The van der Waals surface area contributed by atoms with E-state index in [-0.39, 0.29) is 23.3 Å². The lowest BCUT2D eigenvalue weighted by molar-refractivity contribution is -0.124. The van der Waals surface area contributed by atoms with Crippen molar-refractivity contribution >= 4 is 5.91 Å². The molecule has 0 heterocycles. The molecule has 0 spiro atoms. The average Bonchev–Trinajstić information content (AvgIpc) is 2.44. The lowest BCUT2D eigenvalue weighted by atomic mass is 9.86. The van der Waals surface area contributed by atoms with Crippen molar-refractivity contribution in [2.24, 2.45) is 11.7 Å². The molecule has 0 bridgehead atoms. The SMILES string of the molecule is CCC(C)[C@H](N)C(=O)NC(C)c1ccc(C(C)(C)C)cc1. The van der Waals surface area contributed by atoms with E-state index in [1.54, 1.807) is 0 Å². The Morgan fingerprint density at radius 1 is 1.19 bits per heavy atom. The van der Waals surface area contributed by atoms with Crippen LogP contribution >= 0.6 is 0 Å². The normalized spacial score (nSPS) is 16.1. The number of benzene rings is 1. The Kier molecular flexibility index (Phi) is 5.97. The standard InChI is InChI=1S/C18H30N2O/c1-7-12(2)16(19)17(21)20-13(3)14-8-10-15(11-9-14)18(4,5)6/h8-13,16H,7,19H2,1-6H3,(H,20,21)/t12?,13?,16-/m0/s1. The highest BCUT2D eigenvalue weighted by Crippen LogP contribution is 2.24. The van der Waals surface area contributed by atoms with Gasteiger partial charge in [0.2, 0.25) is 5.91 Å². The predicted molar refractivity (Wildman–Crippen MR) is 89.1 cm³/mol. The van der Waals surface area contributed by atoms with Crippen molar-refractivity contribution in [3.05, 3.63) is 35.4 Å². The molecular formula is C18H30N2O. The molecule has 1 amide bonds. The van der Waals surface area contributed by atoms with Crippen LogP contribution in [0.1, 0.15) is 65.1 Å². The molecule has 3 N–H and O–H groups in total. The smallest absolute Gasteiger partial charge is 0.237 e. The Labute approximate surface area is 129 Å². The molecule has 1 aromatic rings.